The molecule has 4 nitrogen and oxygen atoms in total. The summed E-state index contributed by atoms with van der Waals surface area (Å²) < 4.78 is 0. The summed E-state index contributed by atoms with van der Waals surface area (Å²) in [6, 6.07) is 10.1. The second-order valence-electron chi connectivity index (χ2n) is 6.24. The van der Waals surface area contributed by atoms with E-state index in [9.17, 15) is 4.79 Å². The van der Waals surface area contributed by atoms with Gasteiger partial charge in [0.05, 0.1) is 0 Å². The van der Waals surface area contributed by atoms with Gasteiger partial charge in [-0.2, -0.15) is 0 Å². The standard InChI is InChI=1S/C19H23N3O/c1-14-12-15(2)18(16(3)13-14)19(23)22-10-8-21(9-11-22)17-6-4-5-7-20-17/h4-7,12-13H,8-11H2,1-3H3. The number of nitrogens with zero attached hydrogens (tertiary/aromatic N) is 3. The molecule has 23 heavy (non-hydrogen) atoms. The SMILES string of the molecule is Cc1cc(C)c(C(=O)N2CCN(c3ccccn3)CC2)c(C)c1. The molecule has 0 bridgehead atoms. The van der Waals surface area contributed by atoms with Crippen LogP contribution >= 0.6 is 0 Å². The summed E-state index contributed by atoms with van der Waals surface area (Å²) >= 11 is 0. The summed E-state index contributed by atoms with van der Waals surface area (Å²) in [5.41, 5.74) is 4.21. The second kappa shape index (κ2) is 6.41. The molecule has 1 fully saturated rings. The fraction of sp³-hybridized carbons (Fsp3) is 0.368. The predicted molar refractivity (Wildman–Crippen MR) is 93.0 cm³/mol. The van der Waals surface area contributed by atoms with Gasteiger partial charge in [-0.1, -0.05) is 23.8 Å². The number of anilines is 1. The quantitative estimate of drug-likeness (QED) is 0.856. The summed E-state index contributed by atoms with van der Waals surface area (Å²) in [6.45, 7) is 9.25. The maximum Gasteiger partial charge on any atom is 0.254 e. The third-order valence-electron chi connectivity index (χ3n) is 4.43. The first kappa shape index (κ1) is 15.5. The number of carbonyl (C=O) groups is 1. The van der Waals surface area contributed by atoms with Crippen LogP contribution in [0.4, 0.5) is 5.82 Å². The predicted octanol–water partition coefficient (Wildman–Crippen LogP) is 2.97. The van der Waals surface area contributed by atoms with Crippen molar-refractivity contribution in [2.45, 2.75) is 20.8 Å². The average molecular weight is 309 g/mol. The van der Waals surface area contributed by atoms with Gasteiger partial charge in [-0.3, -0.25) is 4.79 Å². The highest BCUT2D eigenvalue weighted by molar-refractivity contribution is 5.97. The topological polar surface area (TPSA) is 36.4 Å². The van der Waals surface area contributed by atoms with Gasteiger partial charge in [-0.15, -0.1) is 0 Å². The first-order valence-corrected chi connectivity index (χ1v) is 8.09. The molecule has 3 rings (SSSR count). The normalized spacial score (nSPS) is 14.9. The molecule has 0 unspecified atom stereocenters. The van der Waals surface area contributed by atoms with Gasteiger partial charge in [0, 0.05) is 37.9 Å². The van der Waals surface area contributed by atoms with E-state index in [0.29, 0.717) is 0 Å². The largest absolute Gasteiger partial charge is 0.353 e. The second-order valence-corrected chi connectivity index (χ2v) is 6.24. The summed E-state index contributed by atoms with van der Waals surface area (Å²) in [5.74, 6) is 1.14. The van der Waals surface area contributed by atoms with E-state index in [2.05, 4.69) is 28.9 Å². The number of piperazine rings is 1. The highest BCUT2D eigenvalue weighted by Crippen LogP contribution is 2.20. The molecule has 0 aliphatic carbocycles. The zero-order valence-electron chi connectivity index (χ0n) is 14.0. The molecule has 0 N–H and O–H groups in total. The molecule has 120 valence electrons. The van der Waals surface area contributed by atoms with Gasteiger partial charge in [-0.25, -0.2) is 4.98 Å². The first-order chi connectivity index (χ1) is 11.1. The number of pyridine rings is 1. The van der Waals surface area contributed by atoms with E-state index >= 15 is 0 Å². The minimum atomic E-state index is 0.153. The summed E-state index contributed by atoms with van der Waals surface area (Å²) in [5, 5.41) is 0. The molecule has 4 heteroatoms. The molecular formula is C19H23N3O. The van der Waals surface area contributed by atoms with E-state index in [4.69, 9.17) is 0 Å². The minimum absolute atomic E-state index is 0.153. The number of hydrogen-bond donors (Lipinski definition) is 0. The van der Waals surface area contributed by atoms with Crippen molar-refractivity contribution in [1.82, 2.24) is 9.88 Å². The van der Waals surface area contributed by atoms with Crippen molar-refractivity contribution in [2.75, 3.05) is 31.1 Å². The number of rotatable bonds is 2. The number of aryl methyl sites for hydroxylation is 3. The number of aromatic nitrogens is 1. The smallest absolute Gasteiger partial charge is 0.254 e. The molecule has 0 atom stereocenters. The van der Waals surface area contributed by atoms with Crippen molar-refractivity contribution < 1.29 is 4.79 Å². The third kappa shape index (κ3) is 3.21. The molecular weight excluding hydrogens is 286 g/mol. The van der Waals surface area contributed by atoms with Crippen LogP contribution in [0.15, 0.2) is 36.5 Å². The molecule has 1 aromatic carbocycles. The van der Waals surface area contributed by atoms with Crippen LogP contribution in [-0.4, -0.2) is 42.0 Å². The van der Waals surface area contributed by atoms with E-state index < -0.39 is 0 Å². The molecule has 1 saturated heterocycles. The Kier molecular flexibility index (Phi) is 4.33. The third-order valence-corrected chi connectivity index (χ3v) is 4.43. The molecule has 2 heterocycles. The fourth-order valence-electron chi connectivity index (χ4n) is 3.35. The van der Waals surface area contributed by atoms with Crippen LogP contribution in [-0.2, 0) is 0 Å². The van der Waals surface area contributed by atoms with Crippen molar-refractivity contribution in [3.05, 3.63) is 58.8 Å². The number of hydrogen-bond acceptors (Lipinski definition) is 3. The van der Waals surface area contributed by atoms with Gasteiger partial charge in [0.1, 0.15) is 5.82 Å². The Hall–Kier alpha value is -2.36. The van der Waals surface area contributed by atoms with E-state index in [1.165, 1.54) is 5.56 Å². The van der Waals surface area contributed by atoms with Crippen LogP contribution in [0.25, 0.3) is 0 Å². The zero-order valence-corrected chi connectivity index (χ0v) is 14.0. The fourth-order valence-corrected chi connectivity index (χ4v) is 3.35. The number of benzene rings is 1. The Labute approximate surface area is 137 Å². The lowest BCUT2D eigenvalue weighted by atomic mass is 9.98. The minimum Gasteiger partial charge on any atom is -0.353 e. The molecule has 2 aromatic rings. The zero-order chi connectivity index (χ0) is 16.4. The van der Waals surface area contributed by atoms with E-state index in [1.54, 1.807) is 0 Å². The van der Waals surface area contributed by atoms with Crippen LogP contribution in [0.3, 0.4) is 0 Å². The number of amides is 1. The van der Waals surface area contributed by atoms with Crippen LogP contribution in [0.5, 0.6) is 0 Å². The van der Waals surface area contributed by atoms with Crippen LogP contribution < -0.4 is 4.90 Å². The highest BCUT2D eigenvalue weighted by atomic mass is 16.2. The van der Waals surface area contributed by atoms with Gasteiger partial charge in [0.25, 0.3) is 5.91 Å². The van der Waals surface area contributed by atoms with Crippen LogP contribution in [0.2, 0.25) is 0 Å². The van der Waals surface area contributed by atoms with Crippen molar-refractivity contribution in [1.29, 1.82) is 0 Å². The van der Waals surface area contributed by atoms with Crippen molar-refractivity contribution >= 4 is 11.7 Å². The van der Waals surface area contributed by atoms with Crippen LogP contribution in [0, 0.1) is 20.8 Å². The lowest BCUT2D eigenvalue weighted by molar-refractivity contribution is 0.0745. The van der Waals surface area contributed by atoms with Gasteiger partial charge in [0.2, 0.25) is 0 Å². The van der Waals surface area contributed by atoms with E-state index in [1.807, 2.05) is 43.1 Å². The maximum atomic E-state index is 12.9. The van der Waals surface area contributed by atoms with Gasteiger partial charge in [0.15, 0.2) is 0 Å². The van der Waals surface area contributed by atoms with Crippen molar-refractivity contribution in [3.63, 3.8) is 0 Å². The van der Waals surface area contributed by atoms with Gasteiger partial charge in [-0.05, 0) is 44.0 Å². The van der Waals surface area contributed by atoms with Crippen molar-refractivity contribution in [3.8, 4) is 0 Å². The molecule has 0 saturated carbocycles. The Balaban J connectivity index is 1.72. The van der Waals surface area contributed by atoms with E-state index in [-0.39, 0.29) is 5.91 Å². The Morgan fingerprint density at radius 1 is 1.00 bits per heavy atom. The average Bonchev–Trinajstić information content (AvgIpc) is 2.55. The van der Waals surface area contributed by atoms with E-state index in [0.717, 1.165) is 48.7 Å². The van der Waals surface area contributed by atoms with Gasteiger partial charge >= 0.3 is 0 Å². The maximum absolute atomic E-state index is 12.9. The molecule has 1 aliphatic rings. The summed E-state index contributed by atoms with van der Waals surface area (Å²) in [6.07, 6.45) is 1.81. The molecule has 0 spiro atoms. The monoisotopic (exact) mass is 309 g/mol. The number of carbonyl (C=O) groups excluding carboxylic acids is 1. The molecule has 1 aromatic heterocycles. The van der Waals surface area contributed by atoms with Crippen molar-refractivity contribution in [2.24, 2.45) is 0 Å². The lowest BCUT2D eigenvalue weighted by Gasteiger charge is -2.36. The molecule has 1 aliphatic heterocycles. The Morgan fingerprint density at radius 2 is 1.65 bits per heavy atom. The Morgan fingerprint density at radius 3 is 2.22 bits per heavy atom. The molecule has 1 amide bonds. The Bertz CT molecular complexity index is 681. The summed E-state index contributed by atoms with van der Waals surface area (Å²) in [4.78, 5) is 21.5. The first-order valence-electron chi connectivity index (χ1n) is 8.09. The van der Waals surface area contributed by atoms with Gasteiger partial charge < -0.3 is 9.80 Å². The summed E-state index contributed by atoms with van der Waals surface area (Å²) in [7, 11) is 0. The highest BCUT2D eigenvalue weighted by Gasteiger charge is 2.24. The lowest BCUT2D eigenvalue weighted by Crippen LogP contribution is -2.49. The molecule has 0 radical (unpaired) electrons. The van der Waals surface area contributed by atoms with Crippen LogP contribution in [0.1, 0.15) is 27.0 Å².